The molecule has 0 heterocycles. The van der Waals surface area contributed by atoms with E-state index in [-0.39, 0.29) is 6.42 Å². The van der Waals surface area contributed by atoms with Gasteiger partial charge in [0.05, 0.1) is 0 Å². The van der Waals surface area contributed by atoms with Crippen molar-refractivity contribution in [3.8, 4) is 0 Å². The van der Waals surface area contributed by atoms with Crippen LogP contribution >= 0.6 is 0 Å². The summed E-state index contributed by atoms with van der Waals surface area (Å²) in [5.74, 6) is -4.06. The van der Waals surface area contributed by atoms with Crippen molar-refractivity contribution in [2.24, 2.45) is 17.6 Å². The van der Waals surface area contributed by atoms with Crippen LogP contribution in [0.1, 0.15) is 41.6 Å². The van der Waals surface area contributed by atoms with E-state index in [1.165, 1.54) is 0 Å². The predicted molar refractivity (Wildman–Crippen MR) is 122 cm³/mol. The first-order chi connectivity index (χ1) is 15.9. The number of amides is 3. The molecule has 3 rings (SSSR count). The molecule has 0 spiro atoms. The van der Waals surface area contributed by atoms with Crippen molar-refractivity contribution in [2.45, 2.75) is 44.2 Å². The quantitative estimate of drug-likeness (QED) is 0.461. The van der Waals surface area contributed by atoms with E-state index in [9.17, 15) is 24.3 Å². The Morgan fingerprint density at radius 1 is 0.909 bits per heavy atom. The maximum Gasteiger partial charge on any atom is 0.326 e. The number of carbonyl (C=O) groups excluding carboxylic acids is 3. The minimum atomic E-state index is -1.28. The largest absolute Gasteiger partial charge is 0.480 e. The Morgan fingerprint density at radius 2 is 1.52 bits per heavy atom. The van der Waals surface area contributed by atoms with Crippen LogP contribution in [0.15, 0.2) is 60.7 Å². The van der Waals surface area contributed by atoms with Gasteiger partial charge in [0.15, 0.2) is 0 Å². The van der Waals surface area contributed by atoms with Crippen molar-refractivity contribution in [1.82, 2.24) is 10.6 Å². The van der Waals surface area contributed by atoms with Crippen molar-refractivity contribution in [1.29, 1.82) is 0 Å². The van der Waals surface area contributed by atoms with Crippen LogP contribution in [0.4, 0.5) is 0 Å². The number of carboxylic acids is 1. The van der Waals surface area contributed by atoms with E-state index < -0.39 is 47.6 Å². The van der Waals surface area contributed by atoms with Crippen molar-refractivity contribution in [3.05, 3.63) is 71.8 Å². The van der Waals surface area contributed by atoms with E-state index in [1.807, 2.05) is 30.3 Å². The summed E-state index contributed by atoms with van der Waals surface area (Å²) in [6, 6.07) is 15.3. The van der Waals surface area contributed by atoms with Gasteiger partial charge < -0.3 is 21.5 Å². The number of carboxylic acid groups (broad SMARTS) is 1. The first-order valence-electron chi connectivity index (χ1n) is 11.1. The molecule has 0 aromatic heterocycles. The molecule has 33 heavy (non-hydrogen) atoms. The van der Waals surface area contributed by atoms with Crippen molar-refractivity contribution in [3.63, 3.8) is 0 Å². The maximum atomic E-state index is 13.2. The molecule has 3 amide bonds. The summed E-state index contributed by atoms with van der Waals surface area (Å²) in [5.41, 5.74) is 6.72. The molecule has 1 saturated carbocycles. The summed E-state index contributed by atoms with van der Waals surface area (Å²) in [7, 11) is 0. The number of hydrogen-bond acceptors (Lipinski definition) is 4. The van der Waals surface area contributed by atoms with Gasteiger partial charge in [-0.1, -0.05) is 61.4 Å². The second-order valence-corrected chi connectivity index (χ2v) is 8.36. The lowest BCUT2D eigenvalue weighted by atomic mass is 9.74. The molecule has 2 aromatic carbocycles. The molecular formula is C25H29N3O5. The van der Waals surface area contributed by atoms with Crippen LogP contribution < -0.4 is 16.4 Å². The average Bonchev–Trinajstić information content (AvgIpc) is 2.83. The van der Waals surface area contributed by atoms with Crippen molar-refractivity contribution < 1.29 is 24.3 Å². The Kier molecular flexibility index (Phi) is 8.18. The second-order valence-electron chi connectivity index (χ2n) is 8.36. The Hall–Kier alpha value is -3.68. The van der Waals surface area contributed by atoms with Crippen LogP contribution in [0.25, 0.3) is 0 Å². The van der Waals surface area contributed by atoms with E-state index in [4.69, 9.17) is 5.73 Å². The normalized spacial score (nSPS) is 19.6. The van der Waals surface area contributed by atoms with E-state index in [1.54, 1.807) is 30.3 Å². The number of carbonyl (C=O) groups is 4. The molecule has 0 aliphatic heterocycles. The molecule has 1 aliphatic carbocycles. The summed E-state index contributed by atoms with van der Waals surface area (Å²) in [6.45, 7) is 0. The molecule has 0 radical (unpaired) electrons. The lowest BCUT2D eigenvalue weighted by molar-refractivity contribution is -0.145. The molecule has 5 N–H and O–H groups in total. The summed E-state index contributed by atoms with van der Waals surface area (Å²) >= 11 is 0. The lowest BCUT2D eigenvalue weighted by Crippen LogP contribution is -2.56. The van der Waals surface area contributed by atoms with E-state index in [2.05, 4.69) is 10.6 Å². The first kappa shape index (κ1) is 24.0. The molecule has 0 saturated heterocycles. The lowest BCUT2D eigenvalue weighted by Gasteiger charge is -2.34. The van der Waals surface area contributed by atoms with Crippen LogP contribution in [0.5, 0.6) is 0 Å². The standard InChI is InChI=1S/C25H29N3O5/c26-22(29)19-14-8-7-13-18(19)21(25(32)33)28-24(31)20(15-16-9-3-1-4-10-16)27-23(30)17-11-5-2-6-12-17/h1-6,9-12,18-21H,7-8,13-15H2,(H2,26,29)(H,27,30)(H,28,31)(H,32,33)/t18-,19?,20?,21?/m0/s1. The number of benzene rings is 2. The highest BCUT2D eigenvalue weighted by molar-refractivity contribution is 5.98. The van der Waals surface area contributed by atoms with Gasteiger partial charge >= 0.3 is 5.97 Å². The van der Waals surface area contributed by atoms with E-state index in [0.717, 1.165) is 18.4 Å². The van der Waals surface area contributed by atoms with Crippen LogP contribution in [-0.4, -0.2) is 40.9 Å². The highest BCUT2D eigenvalue weighted by Crippen LogP contribution is 2.32. The van der Waals surface area contributed by atoms with Crippen LogP contribution in [0, 0.1) is 11.8 Å². The Labute approximate surface area is 192 Å². The zero-order valence-electron chi connectivity index (χ0n) is 18.3. The van der Waals surface area contributed by atoms with Gasteiger partial charge in [0.25, 0.3) is 5.91 Å². The van der Waals surface area contributed by atoms with Crippen LogP contribution in [0.2, 0.25) is 0 Å². The Balaban J connectivity index is 1.81. The third-order valence-corrected chi connectivity index (χ3v) is 6.12. The van der Waals surface area contributed by atoms with Gasteiger partial charge in [-0.3, -0.25) is 14.4 Å². The summed E-state index contributed by atoms with van der Waals surface area (Å²) in [5, 5.41) is 15.2. The second kappa shape index (κ2) is 11.3. The highest BCUT2D eigenvalue weighted by atomic mass is 16.4. The monoisotopic (exact) mass is 451 g/mol. The van der Waals surface area contributed by atoms with E-state index >= 15 is 0 Å². The number of nitrogens with one attached hydrogen (secondary N) is 2. The highest BCUT2D eigenvalue weighted by Gasteiger charge is 2.40. The molecule has 1 fully saturated rings. The van der Waals surface area contributed by atoms with Gasteiger partial charge in [0.1, 0.15) is 12.1 Å². The topological polar surface area (TPSA) is 139 Å². The van der Waals surface area contributed by atoms with E-state index in [0.29, 0.717) is 18.4 Å². The smallest absolute Gasteiger partial charge is 0.326 e. The number of aliphatic carboxylic acids is 1. The summed E-state index contributed by atoms with van der Waals surface area (Å²) in [4.78, 5) is 50.0. The summed E-state index contributed by atoms with van der Waals surface area (Å²) < 4.78 is 0. The van der Waals surface area contributed by atoms with Crippen LogP contribution in [0.3, 0.4) is 0 Å². The van der Waals surface area contributed by atoms with Crippen molar-refractivity contribution >= 4 is 23.7 Å². The zero-order chi connectivity index (χ0) is 23.8. The SMILES string of the molecule is NC(=O)C1CCCC[C@@H]1C(NC(=O)C(Cc1ccccc1)NC(=O)c1ccccc1)C(=O)O. The summed E-state index contributed by atoms with van der Waals surface area (Å²) in [6.07, 6.45) is 2.70. The minimum absolute atomic E-state index is 0.182. The fourth-order valence-corrected chi connectivity index (χ4v) is 4.41. The molecule has 4 atom stereocenters. The molecule has 8 nitrogen and oxygen atoms in total. The fourth-order valence-electron chi connectivity index (χ4n) is 4.41. The third-order valence-electron chi connectivity index (χ3n) is 6.12. The van der Waals surface area contributed by atoms with Gasteiger partial charge in [-0.25, -0.2) is 4.79 Å². The predicted octanol–water partition coefficient (Wildman–Crippen LogP) is 1.89. The Morgan fingerprint density at radius 3 is 2.12 bits per heavy atom. The molecule has 3 unspecified atom stereocenters. The average molecular weight is 452 g/mol. The minimum Gasteiger partial charge on any atom is -0.480 e. The van der Waals surface area contributed by atoms with Gasteiger partial charge in [-0.05, 0) is 30.5 Å². The van der Waals surface area contributed by atoms with Gasteiger partial charge in [-0.15, -0.1) is 0 Å². The molecule has 8 heteroatoms. The number of rotatable bonds is 9. The molecular weight excluding hydrogens is 422 g/mol. The molecule has 2 aromatic rings. The third kappa shape index (κ3) is 6.41. The van der Waals surface area contributed by atoms with Crippen molar-refractivity contribution in [2.75, 3.05) is 0 Å². The maximum absolute atomic E-state index is 13.2. The van der Waals surface area contributed by atoms with Gasteiger partial charge in [-0.2, -0.15) is 0 Å². The number of hydrogen-bond donors (Lipinski definition) is 4. The Bertz CT molecular complexity index is 980. The number of primary amides is 1. The number of nitrogens with two attached hydrogens (primary N) is 1. The van der Waals surface area contributed by atoms with Gasteiger partial charge in [0, 0.05) is 23.8 Å². The first-order valence-corrected chi connectivity index (χ1v) is 11.1. The zero-order valence-corrected chi connectivity index (χ0v) is 18.3. The molecule has 0 bridgehead atoms. The fraction of sp³-hybridized carbons (Fsp3) is 0.360. The van der Waals surface area contributed by atoms with Crippen LogP contribution in [-0.2, 0) is 20.8 Å². The van der Waals surface area contributed by atoms with Gasteiger partial charge in [0.2, 0.25) is 11.8 Å². The molecule has 174 valence electrons. The molecule has 1 aliphatic rings.